The van der Waals surface area contributed by atoms with E-state index in [4.69, 9.17) is 0 Å². The molecule has 0 spiro atoms. The molecular weight excluding hydrogens is 351 g/mol. The molecule has 1 unspecified atom stereocenters. The molecule has 0 aromatic carbocycles. The molecule has 0 aliphatic heterocycles. The predicted octanol–water partition coefficient (Wildman–Crippen LogP) is 1.73. The molecule has 4 rings (SSSR count). The maximum absolute atomic E-state index is 15.2. The molecule has 3 saturated carbocycles. The van der Waals surface area contributed by atoms with Crippen LogP contribution in [-0.2, 0) is 9.59 Å². The number of ketones is 2. The molecule has 4 aliphatic carbocycles. The first-order valence-electron chi connectivity index (χ1n) is 10.0. The van der Waals surface area contributed by atoms with Gasteiger partial charge in [-0.3, -0.25) is 9.59 Å². The number of halogens is 1. The van der Waals surface area contributed by atoms with Crippen LogP contribution in [0.4, 0.5) is 4.39 Å². The summed E-state index contributed by atoms with van der Waals surface area (Å²) in [5.41, 5.74) is -2.61. The van der Waals surface area contributed by atoms with Crippen LogP contribution in [0.5, 0.6) is 0 Å². The molecule has 0 radical (unpaired) electrons. The van der Waals surface area contributed by atoms with Crippen molar-refractivity contribution in [2.75, 3.05) is 6.61 Å². The minimum Gasteiger partial charge on any atom is -0.393 e. The van der Waals surface area contributed by atoms with Gasteiger partial charge in [0.25, 0.3) is 0 Å². The number of carbonyl (C=O) groups excluding carboxylic acids is 2. The van der Waals surface area contributed by atoms with Crippen LogP contribution < -0.4 is 0 Å². The highest BCUT2D eigenvalue weighted by atomic mass is 19.1. The van der Waals surface area contributed by atoms with Gasteiger partial charge in [-0.2, -0.15) is 0 Å². The number of hydrogen-bond acceptors (Lipinski definition) is 5. The first-order chi connectivity index (χ1) is 12.6. The molecule has 27 heavy (non-hydrogen) atoms. The second kappa shape index (κ2) is 5.94. The van der Waals surface area contributed by atoms with Crippen molar-refractivity contribution in [1.29, 1.82) is 0 Å². The normalized spacial score (nSPS) is 51.9. The summed E-state index contributed by atoms with van der Waals surface area (Å²) in [4.78, 5) is 24.2. The Balaban J connectivity index is 1.77. The quantitative estimate of drug-likeness (QED) is 0.678. The third-order valence-electron chi connectivity index (χ3n) is 8.63. The van der Waals surface area contributed by atoms with E-state index in [1.54, 1.807) is 0 Å². The maximum Gasteiger partial charge on any atom is 0.190 e. The van der Waals surface area contributed by atoms with E-state index in [2.05, 4.69) is 0 Å². The lowest BCUT2D eigenvalue weighted by atomic mass is 9.45. The second-order valence-electron chi connectivity index (χ2n) is 9.65. The lowest BCUT2D eigenvalue weighted by Crippen LogP contribution is -2.63. The molecule has 0 bridgehead atoms. The summed E-state index contributed by atoms with van der Waals surface area (Å²) in [6.07, 6.45) is 1.57. The molecule has 0 amide bonds. The minimum atomic E-state index is -1.68. The third-order valence-corrected chi connectivity index (χ3v) is 8.63. The number of alkyl halides is 1. The molecule has 4 aliphatic rings. The van der Waals surface area contributed by atoms with Crippen LogP contribution in [-0.4, -0.2) is 51.4 Å². The molecule has 5 nitrogen and oxygen atoms in total. The van der Waals surface area contributed by atoms with E-state index in [1.165, 1.54) is 6.08 Å². The van der Waals surface area contributed by atoms with Gasteiger partial charge >= 0.3 is 0 Å². The number of allylic oxidation sites excluding steroid dienone is 1. The standard InChI is InChI=1S/C21H29FO5/c1-19-5-3-11(24)7-14(19)15(22)8-12-13-4-6-21(27,17(26)10-23)20(13,2)9-16(25)18(12)19/h7,12-13,15-16,18,23,25,27H,3-6,8-10H2,1-2H3/t12-,13-,15?,16-,18+,19-,20-,21-/m0/s1. The Bertz CT molecular complexity index is 719. The van der Waals surface area contributed by atoms with Crippen LogP contribution in [0.25, 0.3) is 0 Å². The topological polar surface area (TPSA) is 94.8 Å². The highest BCUT2D eigenvalue weighted by molar-refractivity contribution is 5.92. The first-order valence-corrected chi connectivity index (χ1v) is 10.0. The fourth-order valence-corrected chi connectivity index (χ4v) is 7.29. The van der Waals surface area contributed by atoms with Crippen LogP contribution in [0, 0.1) is 28.6 Å². The fourth-order valence-electron chi connectivity index (χ4n) is 7.29. The van der Waals surface area contributed by atoms with Gasteiger partial charge in [-0.15, -0.1) is 0 Å². The summed E-state index contributed by atoms with van der Waals surface area (Å²) in [6.45, 7) is 3.03. The Morgan fingerprint density at radius 3 is 2.70 bits per heavy atom. The average molecular weight is 380 g/mol. The van der Waals surface area contributed by atoms with E-state index in [0.29, 0.717) is 24.8 Å². The van der Waals surface area contributed by atoms with E-state index in [-0.39, 0.29) is 42.8 Å². The van der Waals surface area contributed by atoms with Crippen molar-refractivity contribution in [2.45, 2.75) is 70.2 Å². The van der Waals surface area contributed by atoms with Crippen molar-refractivity contribution in [2.24, 2.45) is 28.6 Å². The van der Waals surface area contributed by atoms with E-state index >= 15 is 4.39 Å². The average Bonchev–Trinajstić information content (AvgIpc) is 2.87. The zero-order valence-corrected chi connectivity index (χ0v) is 15.9. The first kappa shape index (κ1) is 19.2. The van der Waals surface area contributed by atoms with Gasteiger partial charge in [0.2, 0.25) is 0 Å². The smallest absolute Gasteiger partial charge is 0.190 e. The second-order valence-corrected chi connectivity index (χ2v) is 9.65. The molecule has 3 N–H and O–H groups in total. The van der Waals surface area contributed by atoms with Crippen LogP contribution >= 0.6 is 0 Å². The number of aliphatic hydroxyl groups excluding tert-OH is 2. The molecule has 150 valence electrons. The van der Waals surface area contributed by atoms with Crippen LogP contribution in [0.1, 0.15) is 52.4 Å². The van der Waals surface area contributed by atoms with Gasteiger partial charge in [0.05, 0.1) is 6.10 Å². The Labute approximate surface area is 158 Å². The van der Waals surface area contributed by atoms with Gasteiger partial charge in [0.1, 0.15) is 18.4 Å². The van der Waals surface area contributed by atoms with Crippen molar-refractivity contribution in [1.82, 2.24) is 0 Å². The summed E-state index contributed by atoms with van der Waals surface area (Å²) >= 11 is 0. The lowest BCUT2D eigenvalue weighted by Gasteiger charge is -2.61. The number of aliphatic hydroxyl groups is 3. The number of fused-ring (bicyclic) bond motifs is 5. The van der Waals surface area contributed by atoms with Crippen LogP contribution in [0.3, 0.4) is 0 Å². The lowest BCUT2D eigenvalue weighted by molar-refractivity contribution is -0.185. The predicted molar refractivity (Wildman–Crippen MR) is 95.4 cm³/mol. The van der Waals surface area contributed by atoms with E-state index in [9.17, 15) is 24.9 Å². The Morgan fingerprint density at radius 2 is 2.04 bits per heavy atom. The van der Waals surface area contributed by atoms with Crippen molar-refractivity contribution in [3.8, 4) is 0 Å². The highest BCUT2D eigenvalue weighted by Crippen LogP contribution is 2.67. The van der Waals surface area contributed by atoms with E-state index in [1.807, 2.05) is 13.8 Å². The Hall–Kier alpha value is -1.11. The SMILES string of the molecule is C[C@]12CCC(=O)C=C1C(F)C[C@@H]1[C@@H]2[C@@H](O)C[C@@]2(C)[C@H]1CC[C@]2(O)C(=O)CO. The zero-order valence-electron chi connectivity index (χ0n) is 15.9. The Kier molecular flexibility index (Phi) is 4.23. The van der Waals surface area contributed by atoms with Crippen molar-refractivity contribution < 1.29 is 29.3 Å². The number of Topliss-reactive ketones (excluding diaryl/α,β-unsaturated/α-hetero) is 1. The number of hydrogen-bond donors (Lipinski definition) is 3. The summed E-state index contributed by atoms with van der Waals surface area (Å²) < 4.78 is 15.2. The van der Waals surface area contributed by atoms with E-state index < -0.39 is 41.1 Å². The van der Waals surface area contributed by atoms with Gasteiger partial charge in [-0.25, -0.2) is 4.39 Å². The Morgan fingerprint density at radius 1 is 1.33 bits per heavy atom. The molecule has 8 atom stereocenters. The molecular formula is C21H29FO5. The summed E-state index contributed by atoms with van der Waals surface area (Å²) in [6, 6.07) is 0. The fraction of sp³-hybridized carbons (Fsp3) is 0.810. The molecule has 0 aromatic rings. The molecule has 0 aromatic heterocycles. The van der Waals surface area contributed by atoms with Gasteiger partial charge < -0.3 is 15.3 Å². The van der Waals surface area contributed by atoms with E-state index in [0.717, 1.165) is 0 Å². The molecule has 6 heteroatoms. The monoisotopic (exact) mass is 380 g/mol. The van der Waals surface area contributed by atoms with Gasteiger partial charge in [0, 0.05) is 11.8 Å². The van der Waals surface area contributed by atoms with Crippen LogP contribution in [0.2, 0.25) is 0 Å². The largest absolute Gasteiger partial charge is 0.393 e. The summed E-state index contributed by atoms with van der Waals surface area (Å²) in [5.74, 6) is -1.11. The van der Waals surface area contributed by atoms with Gasteiger partial charge in [0.15, 0.2) is 11.6 Å². The number of rotatable bonds is 2. The molecule has 0 saturated heterocycles. The van der Waals surface area contributed by atoms with Crippen molar-refractivity contribution in [3.63, 3.8) is 0 Å². The summed E-state index contributed by atoms with van der Waals surface area (Å²) in [7, 11) is 0. The van der Waals surface area contributed by atoms with Crippen molar-refractivity contribution in [3.05, 3.63) is 11.6 Å². The van der Waals surface area contributed by atoms with Gasteiger partial charge in [-0.1, -0.05) is 13.8 Å². The van der Waals surface area contributed by atoms with Crippen LogP contribution in [0.15, 0.2) is 11.6 Å². The molecule has 0 heterocycles. The van der Waals surface area contributed by atoms with Gasteiger partial charge in [-0.05, 0) is 66.9 Å². The highest BCUT2D eigenvalue weighted by Gasteiger charge is 2.69. The number of carbonyl (C=O) groups is 2. The third kappa shape index (κ3) is 2.33. The maximum atomic E-state index is 15.2. The molecule has 3 fully saturated rings. The zero-order chi connectivity index (χ0) is 19.8. The summed E-state index contributed by atoms with van der Waals surface area (Å²) in [5, 5.41) is 31.6. The minimum absolute atomic E-state index is 0.0532. The van der Waals surface area contributed by atoms with Crippen molar-refractivity contribution >= 4 is 11.6 Å².